The molecule has 0 aliphatic heterocycles. The van der Waals surface area contributed by atoms with Crippen LogP contribution in [0.2, 0.25) is 0 Å². The molecular weight excluding hydrogens is 342 g/mol. The minimum atomic E-state index is -3.80. The molecule has 84 valence electrons. The fourth-order valence-corrected chi connectivity index (χ4v) is 2.81. The van der Waals surface area contributed by atoms with Crippen molar-refractivity contribution < 1.29 is 13.3 Å². The van der Waals surface area contributed by atoms with Crippen LogP contribution in [-0.2, 0) is 9.84 Å². The molecule has 0 aliphatic carbocycles. The van der Waals surface area contributed by atoms with Gasteiger partial charge in [-0.3, -0.25) is 10.1 Å². The number of rotatable bonds is 6. The highest BCUT2D eigenvalue weighted by Crippen LogP contribution is 2.34. The van der Waals surface area contributed by atoms with Crippen LogP contribution in [0.4, 0.5) is 0 Å². The molecule has 0 aromatic carbocycles. The van der Waals surface area contributed by atoms with Crippen LogP contribution in [0.15, 0.2) is 0 Å². The molecule has 0 saturated carbocycles. The van der Waals surface area contributed by atoms with Crippen molar-refractivity contribution in [1.82, 2.24) is 0 Å². The molecule has 0 atom stereocenters. The van der Waals surface area contributed by atoms with Gasteiger partial charge in [0, 0.05) is 31.9 Å². The van der Waals surface area contributed by atoms with Gasteiger partial charge in [0.1, 0.15) is 0 Å². The average molecular weight is 353 g/mol. The zero-order chi connectivity index (χ0) is 11.4. The fraction of sp³-hybridized carbons (Fsp3) is 1.00. The Morgan fingerprint density at radius 1 is 1.36 bits per heavy atom. The fourth-order valence-electron chi connectivity index (χ4n) is 0.778. The molecule has 5 nitrogen and oxygen atoms in total. The van der Waals surface area contributed by atoms with Crippen LogP contribution in [0.3, 0.4) is 0 Å². The highest BCUT2D eigenvalue weighted by Gasteiger charge is 2.50. The molecule has 0 unspecified atom stereocenters. The first-order valence-corrected chi connectivity index (χ1v) is 7.24. The summed E-state index contributed by atoms with van der Waals surface area (Å²) >= 11 is 5.10. The zero-order valence-electron chi connectivity index (χ0n) is 7.57. The molecule has 0 amide bonds. The Labute approximate surface area is 99.6 Å². The number of nitrogens with zero attached hydrogens (tertiary/aromatic N) is 1. The van der Waals surface area contributed by atoms with Crippen LogP contribution in [0, 0.1) is 10.1 Å². The molecule has 0 radical (unpaired) electrons. The lowest BCUT2D eigenvalue weighted by molar-refractivity contribution is -0.480. The quantitative estimate of drug-likeness (QED) is 0.241. The van der Waals surface area contributed by atoms with Crippen molar-refractivity contribution in [2.45, 2.75) is 28.9 Å². The molecule has 14 heavy (non-hydrogen) atoms. The van der Waals surface area contributed by atoms with Gasteiger partial charge in [-0.1, -0.05) is 19.8 Å². The largest absolute Gasteiger partial charge is 0.423 e. The molecule has 0 aliphatic rings. The summed E-state index contributed by atoms with van der Waals surface area (Å²) in [6.07, 6.45) is 2.05. The normalized spacial score (nSPS) is 12.8. The Hall–Kier alpha value is 0.310. The predicted octanol–water partition coefficient (Wildman–Crippen LogP) is 2.27. The molecule has 0 N–H and O–H groups in total. The third kappa shape index (κ3) is 3.47. The van der Waals surface area contributed by atoms with Gasteiger partial charge in [0.15, 0.2) is 0 Å². The maximum Gasteiger partial charge on any atom is 0.423 e. The highest BCUT2D eigenvalue weighted by atomic mass is 79.9. The number of halogens is 2. The number of hydrogen-bond acceptors (Lipinski definition) is 4. The van der Waals surface area contributed by atoms with Gasteiger partial charge in [0.05, 0.1) is 10.7 Å². The number of sulfone groups is 1. The van der Waals surface area contributed by atoms with E-state index in [0.717, 1.165) is 12.8 Å². The van der Waals surface area contributed by atoms with E-state index in [1.807, 2.05) is 6.92 Å². The maximum absolute atomic E-state index is 11.4. The van der Waals surface area contributed by atoms with E-state index in [9.17, 15) is 18.5 Å². The van der Waals surface area contributed by atoms with Crippen molar-refractivity contribution >= 4 is 41.7 Å². The van der Waals surface area contributed by atoms with Gasteiger partial charge in [-0.25, -0.2) is 8.42 Å². The molecule has 0 aromatic rings. The highest BCUT2D eigenvalue weighted by molar-refractivity contribution is 9.27. The number of unbranched alkanes of at least 4 members (excludes halogenated alkanes) is 2. The third-order valence-electron chi connectivity index (χ3n) is 1.60. The molecule has 0 bridgehead atoms. The van der Waals surface area contributed by atoms with Crippen molar-refractivity contribution in [1.29, 1.82) is 0 Å². The van der Waals surface area contributed by atoms with Crippen LogP contribution in [0.5, 0.6) is 0 Å². The first kappa shape index (κ1) is 14.3. The number of nitro groups is 1. The average Bonchev–Trinajstić information content (AvgIpc) is 2.04. The molecule has 0 rings (SSSR count). The van der Waals surface area contributed by atoms with E-state index < -0.39 is 17.5 Å². The first-order valence-electron chi connectivity index (χ1n) is 4.00. The monoisotopic (exact) mass is 351 g/mol. The van der Waals surface area contributed by atoms with Gasteiger partial charge >= 0.3 is 2.69 Å². The Kier molecular flexibility index (Phi) is 5.53. The maximum atomic E-state index is 11.4. The Bertz CT molecular complexity index is 301. The lowest BCUT2D eigenvalue weighted by atomic mass is 10.3. The van der Waals surface area contributed by atoms with Crippen molar-refractivity contribution in [3.63, 3.8) is 0 Å². The topological polar surface area (TPSA) is 77.3 Å². The summed E-state index contributed by atoms with van der Waals surface area (Å²) in [7, 11) is -3.80. The van der Waals surface area contributed by atoms with Crippen LogP contribution in [0.25, 0.3) is 0 Å². The lowest BCUT2D eigenvalue weighted by Gasteiger charge is -2.11. The summed E-state index contributed by atoms with van der Waals surface area (Å²) < 4.78 is 20.6. The summed E-state index contributed by atoms with van der Waals surface area (Å²) in [6, 6.07) is 0. The smallest absolute Gasteiger partial charge is 0.261 e. The van der Waals surface area contributed by atoms with E-state index in [1.165, 1.54) is 0 Å². The minimum Gasteiger partial charge on any atom is -0.261 e. The molecular formula is C6H11Br2NO4S. The van der Waals surface area contributed by atoms with Crippen molar-refractivity contribution in [3.8, 4) is 0 Å². The molecule has 0 fully saturated rings. The second-order valence-corrected chi connectivity index (χ2v) is 9.41. The third-order valence-corrected chi connectivity index (χ3v) is 6.87. The molecule has 0 saturated heterocycles. The Balaban J connectivity index is 4.55. The van der Waals surface area contributed by atoms with Gasteiger partial charge in [-0.05, 0) is 6.42 Å². The van der Waals surface area contributed by atoms with E-state index in [2.05, 4.69) is 31.9 Å². The van der Waals surface area contributed by atoms with E-state index in [-0.39, 0.29) is 5.75 Å². The SMILES string of the molecule is CCCCCS(=O)(=O)C(Br)(Br)[N+](=O)[O-]. The number of alkyl halides is 2. The zero-order valence-corrected chi connectivity index (χ0v) is 11.6. The standard InChI is InChI=1S/C6H11Br2NO4S/c1-2-3-4-5-14(12,13)6(7,8)9(10)11/h2-5H2,1H3. The van der Waals surface area contributed by atoms with Crippen LogP contribution in [-0.4, -0.2) is 21.8 Å². The second kappa shape index (κ2) is 5.41. The summed E-state index contributed by atoms with van der Waals surface area (Å²) in [6.45, 7) is 1.93. The van der Waals surface area contributed by atoms with E-state index in [1.54, 1.807) is 0 Å². The summed E-state index contributed by atoms with van der Waals surface area (Å²) in [4.78, 5) is 9.52. The van der Waals surface area contributed by atoms with Gasteiger partial charge in [-0.2, -0.15) is 0 Å². The van der Waals surface area contributed by atoms with Gasteiger partial charge in [0.25, 0.3) is 0 Å². The lowest BCUT2D eigenvalue weighted by Crippen LogP contribution is -2.35. The molecule has 8 heteroatoms. The summed E-state index contributed by atoms with van der Waals surface area (Å²) in [5.41, 5.74) is 0. The van der Waals surface area contributed by atoms with Crippen LogP contribution >= 0.6 is 31.9 Å². The Morgan fingerprint density at radius 2 is 1.86 bits per heavy atom. The molecule has 0 spiro atoms. The Morgan fingerprint density at radius 3 is 2.21 bits per heavy atom. The van der Waals surface area contributed by atoms with Crippen molar-refractivity contribution in [2.24, 2.45) is 0 Å². The van der Waals surface area contributed by atoms with Crippen molar-refractivity contribution in [2.75, 3.05) is 5.75 Å². The van der Waals surface area contributed by atoms with Crippen LogP contribution in [0.1, 0.15) is 26.2 Å². The summed E-state index contributed by atoms with van der Waals surface area (Å²) in [5, 5.41) is 10.4. The number of hydrogen-bond donors (Lipinski definition) is 0. The first-order chi connectivity index (χ1) is 6.25. The molecule has 0 aromatic heterocycles. The van der Waals surface area contributed by atoms with Gasteiger partial charge < -0.3 is 0 Å². The minimum absolute atomic E-state index is 0.196. The van der Waals surface area contributed by atoms with E-state index in [4.69, 9.17) is 0 Å². The summed E-state index contributed by atoms with van der Waals surface area (Å²) in [5.74, 6) is -0.196. The van der Waals surface area contributed by atoms with Gasteiger partial charge in [0.2, 0.25) is 9.84 Å². The van der Waals surface area contributed by atoms with Crippen LogP contribution < -0.4 is 0 Å². The van der Waals surface area contributed by atoms with E-state index in [0.29, 0.717) is 6.42 Å². The van der Waals surface area contributed by atoms with Crippen molar-refractivity contribution in [3.05, 3.63) is 10.1 Å². The molecule has 0 heterocycles. The second-order valence-electron chi connectivity index (χ2n) is 2.77. The van der Waals surface area contributed by atoms with E-state index >= 15 is 0 Å². The van der Waals surface area contributed by atoms with Gasteiger partial charge in [-0.15, -0.1) is 0 Å². The predicted molar refractivity (Wildman–Crippen MR) is 60.9 cm³/mol.